The Kier molecular flexibility index (Phi) is 1.72. The molecule has 0 fully saturated rings. The SMILES string of the molecule is N#Cc1ccc2nc(Cl)sc2c1. The van der Waals surface area contributed by atoms with E-state index >= 15 is 0 Å². The molecule has 0 N–H and O–H groups in total. The number of fused-ring (bicyclic) bond motifs is 1. The first-order valence-corrected chi connectivity index (χ1v) is 4.45. The van der Waals surface area contributed by atoms with Crippen molar-refractivity contribution >= 4 is 33.2 Å². The fourth-order valence-electron chi connectivity index (χ4n) is 0.966. The van der Waals surface area contributed by atoms with Gasteiger partial charge < -0.3 is 0 Å². The molecule has 1 heterocycles. The summed E-state index contributed by atoms with van der Waals surface area (Å²) in [6.45, 7) is 0. The fourth-order valence-corrected chi connectivity index (χ4v) is 2.04. The van der Waals surface area contributed by atoms with Crippen LogP contribution in [-0.4, -0.2) is 4.98 Å². The van der Waals surface area contributed by atoms with Crippen LogP contribution in [0.3, 0.4) is 0 Å². The van der Waals surface area contributed by atoms with Crippen molar-refractivity contribution in [2.24, 2.45) is 0 Å². The van der Waals surface area contributed by atoms with Crippen LogP contribution in [-0.2, 0) is 0 Å². The molecular weight excluding hydrogens is 192 g/mol. The molecule has 0 saturated carbocycles. The maximum Gasteiger partial charge on any atom is 0.184 e. The van der Waals surface area contributed by atoms with Crippen LogP contribution in [0, 0.1) is 11.3 Å². The van der Waals surface area contributed by atoms with Crippen molar-refractivity contribution in [3.63, 3.8) is 0 Å². The molecule has 58 valence electrons. The van der Waals surface area contributed by atoms with E-state index in [0.29, 0.717) is 10.0 Å². The number of hydrogen-bond acceptors (Lipinski definition) is 3. The zero-order valence-electron chi connectivity index (χ0n) is 5.91. The maximum atomic E-state index is 8.61. The quantitative estimate of drug-likeness (QED) is 0.647. The molecule has 0 radical (unpaired) electrons. The average Bonchev–Trinajstić information content (AvgIpc) is 2.43. The highest BCUT2D eigenvalue weighted by molar-refractivity contribution is 7.22. The van der Waals surface area contributed by atoms with Crippen molar-refractivity contribution in [3.8, 4) is 6.07 Å². The zero-order valence-corrected chi connectivity index (χ0v) is 7.49. The van der Waals surface area contributed by atoms with Crippen LogP contribution in [0.2, 0.25) is 4.47 Å². The van der Waals surface area contributed by atoms with Gasteiger partial charge in [-0.2, -0.15) is 5.26 Å². The molecule has 1 aromatic heterocycles. The Morgan fingerprint density at radius 2 is 2.33 bits per heavy atom. The van der Waals surface area contributed by atoms with E-state index in [4.69, 9.17) is 16.9 Å². The van der Waals surface area contributed by atoms with Gasteiger partial charge in [0.1, 0.15) is 0 Å². The van der Waals surface area contributed by atoms with E-state index < -0.39 is 0 Å². The van der Waals surface area contributed by atoms with Crippen molar-refractivity contribution < 1.29 is 0 Å². The van der Waals surface area contributed by atoms with Gasteiger partial charge in [-0.25, -0.2) is 4.98 Å². The molecule has 4 heteroatoms. The largest absolute Gasteiger partial charge is 0.225 e. The number of halogens is 1. The third-order valence-corrected chi connectivity index (χ3v) is 2.61. The number of hydrogen-bond donors (Lipinski definition) is 0. The van der Waals surface area contributed by atoms with Crippen molar-refractivity contribution in [2.45, 2.75) is 0 Å². The van der Waals surface area contributed by atoms with Gasteiger partial charge in [-0.3, -0.25) is 0 Å². The van der Waals surface area contributed by atoms with Crippen molar-refractivity contribution in [2.75, 3.05) is 0 Å². The summed E-state index contributed by atoms with van der Waals surface area (Å²) in [4.78, 5) is 4.06. The van der Waals surface area contributed by atoms with Gasteiger partial charge in [0.05, 0.1) is 21.8 Å². The van der Waals surface area contributed by atoms with Crippen molar-refractivity contribution in [3.05, 3.63) is 28.2 Å². The lowest BCUT2D eigenvalue weighted by Crippen LogP contribution is -1.71. The van der Waals surface area contributed by atoms with Crippen LogP contribution in [0.4, 0.5) is 0 Å². The topological polar surface area (TPSA) is 36.7 Å². The molecule has 12 heavy (non-hydrogen) atoms. The highest BCUT2D eigenvalue weighted by Crippen LogP contribution is 2.25. The van der Waals surface area contributed by atoms with Gasteiger partial charge in [0.2, 0.25) is 0 Å². The Labute approximate surface area is 78.0 Å². The van der Waals surface area contributed by atoms with E-state index in [0.717, 1.165) is 10.2 Å². The Bertz CT molecular complexity index is 469. The normalized spacial score (nSPS) is 10.0. The minimum absolute atomic E-state index is 0.514. The molecule has 0 amide bonds. The molecule has 0 aliphatic carbocycles. The molecule has 0 spiro atoms. The second-order valence-electron chi connectivity index (χ2n) is 2.26. The van der Waals surface area contributed by atoms with E-state index in [1.807, 2.05) is 0 Å². The van der Waals surface area contributed by atoms with Crippen LogP contribution in [0.1, 0.15) is 5.56 Å². The van der Waals surface area contributed by atoms with Gasteiger partial charge in [-0.1, -0.05) is 11.6 Å². The highest BCUT2D eigenvalue weighted by atomic mass is 35.5. The third-order valence-electron chi connectivity index (χ3n) is 1.49. The van der Waals surface area contributed by atoms with Crippen LogP contribution in [0.5, 0.6) is 0 Å². The number of nitriles is 1. The minimum Gasteiger partial charge on any atom is -0.225 e. The van der Waals surface area contributed by atoms with Crippen LogP contribution in [0.15, 0.2) is 18.2 Å². The number of benzene rings is 1. The first-order chi connectivity index (χ1) is 5.79. The smallest absolute Gasteiger partial charge is 0.184 e. The Morgan fingerprint density at radius 3 is 3.08 bits per heavy atom. The second-order valence-corrected chi connectivity index (χ2v) is 3.87. The molecule has 0 saturated heterocycles. The van der Waals surface area contributed by atoms with Gasteiger partial charge in [-0.05, 0) is 18.2 Å². The molecule has 0 aliphatic heterocycles. The molecule has 2 nitrogen and oxygen atoms in total. The molecule has 2 rings (SSSR count). The standard InChI is InChI=1S/C8H3ClN2S/c9-8-11-6-2-1-5(4-10)3-7(6)12-8/h1-3H. The summed E-state index contributed by atoms with van der Waals surface area (Å²) in [5.41, 5.74) is 1.49. The molecule has 2 aromatic rings. The lowest BCUT2D eigenvalue weighted by Gasteiger charge is -1.86. The number of rotatable bonds is 0. The van der Waals surface area contributed by atoms with Crippen molar-refractivity contribution in [1.29, 1.82) is 5.26 Å². The molecular formula is C8H3ClN2S. The van der Waals surface area contributed by atoms with Crippen LogP contribution < -0.4 is 0 Å². The Hall–Kier alpha value is -1.11. The summed E-state index contributed by atoms with van der Waals surface area (Å²) < 4.78 is 1.47. The van der Waals surface area contributed by atoms with Gasteiger partial charge in [0, 0.05) is 0 Å². The van der Waals surface area contributed by atoms with Gasteiger partial charge in [0.25, 0.3) is 0 Å². The predicted octanol–water partition coefficient (Wildman–Crippen LogP) is 2.82. The number of thiazole rings is 1. The summed E-state index contributed by atoms with van der Waals surface area (Å²) in [5, 5.41) is 8.61. The van der Waals surface area contributed by atoms with E-state index in [9.17, 15) is 0 Å². The predicted molar refractivity (Wildman–Crippen MR) is 49.3 cm³/mol. The molecule has 0 unspecified atom stereocenters. The van der Waals surface area contributed by atoms with Crippen LogP contribution in [0.25, 0.3) is 10.2 Å². The molecule has 1 aromatic carbocycles. The Balaban J connectivity index is 2.77. The number of nitrogens with zero attached hydrogens (tertiary/aromatic N) is 2. The first-order valence-electron chi connectivity index (χ1n) is 3.26. The average molecular weight is 195 g/mol. The molecule has 0 bridgehead atoms. The summed E-state index contributed by atoms with van der Waals surface area (Å²) in [7, 11) is 0. The lowest BCUT2D eigenvalue weighted by molar-refractivity contribution is 1.47. The Morgan fingerprint density at radius 1 is 1.50 bits per heavy atom. The first kappa shape index (κ1) is 7.53. The van der Waals surface area contributed by atoms with Gasteiger partial charge >= 0.3 is 0 Å². The molecule has 0 aliphatic rings. The third kappa shape index (κ3) is 1.15. The summed E-state index contributed by atoms with van der Waals surface area (Å²) in [6, 6.07) is 7.39. The monoisotopic (exact) mass is 194 g/mol. The lowest BCUT2D eigenvalue weighted by atomic mass is 10.2. The summed E-state index contributed by atoms with van der Waals surface area (Å²) >= 11 is 7.09. The zero-order chi connectivity index (χ0) is 8.55. The fraction of sp³-hybridized carbons (Fsp3) is 0. The summed E-state index contributed by atoms with van der Waals surface area (Å²) in [6.07, 6.45) is 0. The minimum atomic E-state index is 0.514. The van der Waals surface area contributed by atoms with E-state index in [1.54, 1.807) is 18.2 Å². The maximum absolute atomic E-state index is 8.61. The van der Waals surface area contributed by atoms with Gasteiger partial charge in [0.15, 0.2) is 4.47 Å². The second kappa shape index (κ2) is 2.74. The van der Waals surface area contributed by atoms with Crippen molar-refractivity contribution in [1.82, 2.24) is 4.98 Å². The summed E-state index contributed by atoms with van der Waals surface area (Å²) in [5.74, 6) is 0. The van der Waals surface area contributed by atoms with E-state index in [1.165, 1.54) is 11.3 Å². The van der Waals surface area contributed by atoms with Gasteiger partial charge in [-0.15, -0.1) is 11.3 Å². The van der Waals surface area contributed by atoms with E-state index in [-0.39, 0.29) is 0 Å². The number of aromatic nitrogens is 1. The highest BCUT2D eigenvalue weighted by Gasteiger charge is 2.01. The van der Waals surface area contributed by atoms with Crippen LogP contribution >= 0.6 is 22.9 Å². The molecule has 0 atom stereocenters. The van der Waals surface area contributed by atoms with E-state index in [2.05, 4.69) is 11.1 Å².